The van der Waals surface area contributed by atoms with E-state index in [2.05, 4.69) is 4.98 Å². The maximum absolute atomic E-state index is 8.86. The van der Waals surface area contributed by atoms with E-state index in [0.29, 0.717) is 0 Å². The molecule has 0 saturated heterocycles. The highest BCUT2D eigenvalue weighted by molar-refractivity contribution is 5.31. The van der Waals surface area contributed by atoms with Gasteiger partial charge in [0.25, 0.3) is 0 Å². The van der Waals surface area contributed by atoms with Crippen molar-refractivity contribution in [3.05, 3.63) is 48.5 Å². The number of benzene rings is 1. The Bertz CT molecular complexity index is 409. The van der Waals surface area contributed by atoms with Crippen LogP contribution in [0.4, 0.5) is 0 Å². The summed E-state index contributed by atoms with van der Waals surface area (Å²) in [6.07, 6.45) is 1.62. The van der Waals surface area contributed by atoms with Crippen molar-refractivity contribution < 1.29 is 10.2 Å². The van der Waals surface area contributed by atoms with Crippen molar-refractivity contribution in [1.29, 1.82) is 0 Å². The Kier molecular flexibility index (Phi) is 2.30. The maximum atomic E-state index is 8.86. The van der Waals surface area contributed by atoms with E-state index < -0.39 is 6.29 Å². The standard InChI is InChI=1S/C10H10N2O2/c13-10(14)9-6-12(7-11-9)8-4-2-1-3-5-8/h1-7,10,13-14H. The van der Waals surface area contributed by atoms with Crippen LogP contribution in [0.2, 0.25) is 0 Å². The number of aliphatic hydroxyl groups is 2. The van der Waals surface area contributed by atoms with Crippen molar-refractivity contribution in [2.24, 2.45) is 0 Å². The second kappa shape index (κ2) is 3.61. The van der Waals surface area contributed by atoms with Crippen LogP contribution in [0.1, 0.15) is 12.0 Å². The summed E-state index contributed by atoms with van der Waals surface area (Å²) in [5.74, 6) is 0. The molecule has 0 fully saturated rings. The van der Waals surface area contributed by atoms with Gasteiger partial charge in [-0.05, 0) is 12.1 Å². The van der Waals surface area contributed by atoms with E-state index in [1.54, 1.807) is 17.1 Å². The third-order valence-corrected chi connectivity index (χ3v) is 1.92. The molecule has 1 heterocycles. The molecular weight excluding hydrogens is 180 g/mol. The minimum atomic E-state index is -1.51. The van der Waals surface area contributed by atoms with E-state index in [9.17, 15) is 0 Å². The molecule has 0 aliphatic carbocycles. The van der Waals surface area contributed by atoms with Crippen LogP contribution in [-0.2, 0) is 0 Å². The largest absolute Gasteiger partial charge is 0.363 e. The molecule has 0 radical (unpaired) electrons. The predicted molar refractivity (Wildman–Crippen MR) is 50.7 cm³/mol. The Labute approximate surface area is 81.1 Å². The summed E-state index contributed by atoms with van der Waals surface area (Å²) in [4.78, 5) is 3.86. The highest BCUT2D eigenvalue weighted by Gasteiger charge is 2.06. The number of hydrogen-bond acceptors (Lipinski definition) is 3. The van der Waals surface area contributed by atoms with Crippen LogP contribution in [0.15, 0.2) is 42.9 Å². The number of hydrogen-bond donors (Lipinski definition) is 2. The summed E-state index contributed by atoms with van der Waals surface area (Å²) >= 11 is 0. The monoisotopic (exact) mass is 190 g/mol. The quantitative estimate of drug-likeness (QED) is 0.690. The minimum absolute atomic E-state index is 0.244. The zero-order valence-corrected chi connectivity index (χ0v) is 7.41. The fourth-order valence-electron chi connectivity index (χ4n) is 1.21. The second-order valence-electron chi connectivity index (χ2n) is 2.92. The smallest absolute Gasteiger partial charge is 0.197 e. The van der Waals surface area contributed by atoms with Crippen LogP contribution < -0.4 is 0 Å². The van der Waals surface area contributed by atoms with Crippen molar-refractivity contribution in [3.8, 4) is 5.69 Å². The van der Waals surface area contributed by atoms with E-state index in [-0.39, 0.29) is 5.69 Å². The molecule has 2 aromatic rings. The minimum Gasteiger partial charge on any atom is -0.363 e. The van der Waals surface area contributed by atoms with Crippen molar-refractivity contribution in [1.82, 2.24) is 9.55 Å². The summed E-state index contributed by atoms with van der Waals surface area (Å²) in [5, 5.41) is 17.7. The highest BCUT2D eigenvalue weighted by Crippen LogP contribution is 2.11. The number of imidazole rings is 1. The molecule has 1 aromatic carbocycles. The third-order valence-electron chi connectivity index (χ3n) is 1.92. The van der Waals surface area contributed by atoms with Gasteiger partial charge in [0.15, 0.2) is 6.29 Å². The lowest BCUT2D eigenvalue weighted by atomic mass is 10.3. The first-order valence-electron chi connectivity index (χ1n) is 4.23. The molecule has 0 saturated carbocycles. The number of aliphatic hydroxyl groups excluding tert-OH is 1. The van der Waals surface area contributed by atoms with Crippen molar-refractivity contribution in [2.45, 2.75) is 6.29 Å². The Morgan fingerprint density at radius 1 is 1.14 bits per heavy atom. The summed E-state index contributed by atoms with van der Waals surface area (Å²) < 4.78 is 1.73. The molecule has 0 bridgehead atoms. The van der Waals surface area contributed by atoms with Crippen LogP contribution >= 0.6 is 0 Å². The lowest BCUT2D eigenvalue weighted by Crippen LogP contribution is -1.94. The molecule has 14 heavy (non-hydrogen) atoms. The van der Waals surface area contributed by atoms with E-state index in [1.807, 2.05) is 30.3 Å². The molecule has 1 aromatic heterocycles. The molecular formula is C10H10N2O2. The zero-order valence-electron chi connectivity index (χ0n) is 7.41. The first-order chi connectivity index (χ1) is 6.77. The van der Waals surface area contributed by atoms with E-state index in [0.717, 1.165) is 5.69 Å². The van der Waals surface area contributed by atoms with E-state index >= 15 is 0 Å². The zero-order chi connectivity index (χ0) is 9.97. The lowest BCUT2D eigenvalue weighted by Gasteiger charge is -2.00. The van der Waals surface area contributed by atoms with Crippen molar-refractivity contribution in [3.63, 3.8) is 0 Å². The molecule has 4 nitrogen and oxygen atoms in total. The topological polar surface area (TPSA) is 58.3 Å². The molecule has 2 N–H and O–H groups in total. The lowest BCUT2D eigenvalue weighted by molar-refractivity contribution is -0.0455. The number of para-hydroxylation sites is 1. The third kappa shape index (κ3) is 1.66. The van der Waals surface area contributed by atoms with Gasteiger partial charge in [0.1, 0.15) is 5.69 Å². The Morgan fingerprint density at radius 2 is 1.86 bits per heavy atom. The van der Waals surface area contributed by atoms with Gasteiger partial charge in [-0.2, -0.15) is 0 Å². The van der Waals surface area contributed by atoms with Gasteiger partial charge < -0.3 is 14.8 Å². The van der Waals surface area contributed by atoms with Gasteiger partial charge in [-0.25, -0.2) is 4.98 Å². The van der Waals surface area contributed by atoms with Crippen molar-refractivity contribution >= 4 is 0 Å². The first kappa shape index (κ1) is 8.93. The number of nitrogens with zero attached hydrogens (tertiary/aromatic N) is 2. The summed E-state index contributed by atoms with van der Waals surface area (Å²) in [7, 11) is 0. The normalized spacial score (nSPS) is 10.8. The van der Waals surface area contributed by atoms with Crippen LogP contribution in [0, 0.1) is 0 Å². The molecule has 0 aliphatic heterocycles. The summed E-state index contributed by atoms with van der Waals surface area (Å²) in [6, 6.07) is 9.56. The van der Waals surface area contributed by atoms with Gasteiger partial charge in [-0.3, -0.25) is 0 Å². The van der Waals surface area contributed by atoms with Gasteiger partial charge in [0.05, 0.1) is 6.33 Å². The molecule has 72 valence electrons. The Balaban J connectivity index is 2.34. The molecule has 0 unspecified atom stereocenters. The van der Waals surface area contributed by atoms with Gasteiger partial charge in [0.2, 0.25) is 0 Å². The predicted octanol–water partition coefficient (Wildman–Crippen LogP) is 0.855. The van der Waals surface area contributed by atoms with Gasteiger partial charge >= 0.3 is 0 Å². The molecule has 2 rings (SSSR count). The van der Waals surface area contributed by atoms with Crippen molar-refractivity contribution in [2.75, 3.05) is 0 Å². The molecule has 0 atom stereocenters. The van der Waals surface area contributed by atoms with E-state index in [4.69, 9.17) is 10.2 Å². The first-order valence-corrected chi connectivity index (χ1v) is 4.23. The summed E-state index contributed by atoms with van der Waals surface area (Å²) in [6.45, 7) is 0. The van der Waals surface area contributed by atoms with Gasteiger partial charge in [0, 0.05) is 11.9 Å². The van der Waals surface area contributed by atoms with Crippen LogP contribution in [0.5, 0.6) is 0 Å². The van der Waals surface area contributed by atoms with Crippen LogP contribution in [0.25, 0.3) is 5.69 Å². The van der Waals surface area contributed by atoms with E-state index in [1.165, 1.54) is 0 Å². The molecule has 0 amide bonds. The number of rotatable bonds is 2. The second-order valence-corrected chi connectivity index (χ2v) is 2.92. The average Bonchev–Trinajstić information content (AvgIpc) is 2.68. The van der Waals surface area contributed by atoms with Crippen LogP contribution in [-0.4, -0.2) is 19.8 Å². The van der Waals surface area contributed by atoms with Gasteiger partial charge in [-0.15, -0.1) is 0 Å². The SMILES string of the molecule is OC(O)c1cn(-c2ccccc2)cn1. The summed E-state index contributed by atoms with van der Waals surface area (Å²) in [5.41, 5.74) is 1.18. The molecule has 4 heteroatoms. The Morgan fingerprint density at radius 3 is 2.43 bits per heavy atom. The molecule has 0 spiro atoms. The number of aromatic nitrogens is 2. The Hall–Kier alpha value is -1.65. The average molecular weight is 190 g/mol. The fraction of sp³-hybridized carbons (Fsp3) is 0.100. The van der Waals surface area contributed by atoms with Crippen LogP contribution in [0.3, 0.4) is 0 Å². The van der Waals surface area contributed by atoms with Gasteiger partial charge in [-0.1, -0.05) is 18.2 Å². The highest BCUT2D eigenvalue weighted by atomic mass is 16.5. The fourth-order valence-corrected chi connectivity index (χ4v) is 1.21. The maximum Gasteiger partial charge on any atom is 0.197 e. The molecule has 0 aliphatic rings.